The number of hydrogen-bond acceptors (Lipinski definition) is 3. The Morgan fingerprint density at radius 1 is 1.08 bits per heavy atom. The Bertz CT molecular complexity index is 684. The molecule has 0 aromatic heterocycles. The molecule has 0 bridgehead atoms. The Balaban J connectivity index is 1.77. The van der Waals surface area contributed by atoms with Crippen LogP contribution in [0.2, 0.25) is 0 Å². The van der Waals surface area contributed by atoms with E-state index in [-0.39, 0.29) is 6.10 Å². The van der Waals surface area contributed by atoms with Gasteiger partial charge in [0.15, 0.2) is 5.96 Å². The van der Waals surface area contributed by atoms with Crippen molar-refractivity contribution in [2.45, 2.75) is 26.5 Å². The molecule has 2 aromatic carbocycles. The maximum Gasteiger partial charge on any atom is 0.191 e. The topological polar surface area (TPSA) is 54.9 Å². The zero-order valence-corrected chi connectivity index (χ0v) is 15.4. The average molecular weight is 341 g/mol. The van der Waals surface area contributed by atoms with Crippen molar-refractivity contribution >= 4 is 5.96 Å². The summed E-state index contributed by atoms with van der Waals surface area (Å²) < 4.78 is 11.1. The standard InChI is InChI=1S/C20H27N3O2/c1-15-6-5-7-19(12-15)25-16(2)13-22-20(21-3)23-14-17-8-10-18(24-4)11-9-17/h5-12,16H,13-14H2,1-4H3,(H2,21,22,23). The summed E-state index contributed by atoms with van der Waals surface area (Å²) in [6, 6.07) is 16.0. The third-order valence-electron chi connectivity index (χ3n) is 3.73. The third kappa shape index (κ3) is 6.37. The minimum Gasteiger partial charge on any atom is -0.497 e. The smallest absolute Gasteiger partial charge is 0.191 e. The number of guanidine groups is 1. The van der Waals surface area contributed by atoms with Gasteiger partial charge in [0.25, 0.3) is 0 Å². The highest BCUT2D eigenvalue weighted by Crippen LogP contribution is 2.14. The number of benzene rings is 2. The summed E-state index contributed by atoms with van der Waals surface area (Å²) in [5.41, 5.74) is 2.35. The number of nitrogens with zero attached hydrogens (tertiary/aromatic N) is 1. The van der Waals surface area contributed by atoms with E-state index < -0.39 is 0 Å². The first-order chi connectivity index (χ1) is 12.1. The van der Waals surface area contributed by atoms with Gasteiger partial charge in [-0.25, -0.2) is 0 Å². The predicted molar refractivity (Wildman–Crippen MR) is 102 cm³/mol. The van der Waals surface area contributed by atoms with E-state index in [1.165, 1.54) is 5.56 Å². The lowest BCUT2D eigenvalue weighted by Gasteiger charge is -2.18. The summed E-state index contributed by atoms with van der Waals surface area (Å²) in [5, 5.41) is 6.58. The number of ether oxygens (including phenoxy) is 2. The molecule has 0 aliphatic rings. The second kappa shape index (κ2) is 9.57. The van der Waals surface area contributed by atoms with Crippen molar-refractivity contribution < 1.29 is 9.47 Å². The first-order valence-electron chi connectivity index (χ1n) is 8.41. The number of aryl methyl sites for hydroxylation is 1. The lowest BCUT2D eigenvalue weighted by Crippen LogP contribution is -2.41. The van der Waals surface area contributed by atoms with E-state index in [0.717, 1.165) is 23.0 Å². The van der Waals surface area contributed by atoms with E-state index in [0.29, 0.717) is 13.1 Å². The Morgan fingerprint density at radius 3 is 2.48 bits per heavy atom. The number of hydrogen-bond donors (Lipinski definition) is 2. The molecule has 2 rings (SSSR count). The maximum absolute atomic E-state index is 5.92. The molecule has 5 heteroatoms. The largest absolute Gasteiger partial charge is 0.497 e. The quantitative estimate of drug-likeness (QED) is 0.600. The van der Waals surface area contributed by atoms with Crippen LogP contribution in [-0.4, -0.2) is 32.8 Å². The zero-order chi connectivity index (χ0) is 18.1. The summed E-state index contributed by atoms with van der Waals surface area (Å²) in [7, 11) is 3.43. The van der Waals surface area contributed by atoms with Gasteiger partial charge < -0.3 is 20.1 Å². The van der Waals surface area contributed by atoms with Gasteiger partial charge in [-0.2, -0.15) is 0 Å². The second-order valence-electron chi connectivity index (χ2n) is 5.90. The van der Waals surface area contributed by atoms with Crippen molar-refractivity contribution in [3.8, 4) is 11.5 Å². The van der Waals surface area contributed by atoms with Crippen LogP contribution >= 0.6 is 0 Å². The summed E-state index contributed by atoms with van der Waals surface area (Å²) in [6.45, 7) is 5.44. The van der Waals surface area contributed by atoms with Crippen molar-refractivity contribution in [3.05, 3.63) is 59.7 Å². The minimum absolute atomic E-state index is 0.0290. The molecule has 1 unspecified atom stereocenters. The first-order valence-corrected chi connectivity index (χ1v) is 8.41. The molecule has 25 heavy (non-hydrogen) atoms. The molecule has 134 valence electrons. The Kier molecular flexibility index (Phi) is 7.14. The van der Waals surface area contributed by atoms with Gasteiger partial charge in [-0.05, 0) is 49.2 Å². The summed E-state index contributed by atoms with van der Waals surface area (Å²) in [4.78, 5) is 4.24. The van der Waals surface area contributed by atoms with E-state index in [4.69, 9.17) is 9.47 Å². The van der Waals surface area contributed by atoms with Crippen LogP contribution in [0.15, 0.2) is 53.5 Å². The Morgan fingerprint density at radius 2 is 1.84 bits per heavy atom. The molecule has 0 heterocycles. The lowest BCUT2D eigenvalue weighted by atomic mass is 10.2. The van der Waals surface area contributed by atoms with E-state index in [1.807, 2.05) is 49.4 Å². The fourth-order valence-electron chi connectivity index (χ4n) is 2.35. The van der Waals surface area contributed by atoms with Gasteiger partial charge in [0.1, 0.15) is 17.6 Å². The van der Waals surface area contributed by atoms with Crippen LogP contribution in [-0.2, 0) is 6.54 Å². The van der Waals surface area contributed by atoms with Crippen LogP contribution in [0.25, 0.3) is 0 Å². The Labute approximate surface area is 150 Å². The molecular formula is C20H27N3O2. The highest BCUT2D eigenvalue weighted by molar-refractivity contribution is 5.79. The molecule has 2 N–H and O–H groups in total. The molecule has 0 saturated heterocycles. The SMILES string of the molecule is CN=C(NCc1ccc(OC)cc1)NCC(C)Oc1cccc(C)c1. The molecule has 5 nitrogen and oxygen atoms in total. The van der Waals surface area contributed by atoms with Crippen LogP contribution < -0.4 is 20.1 Å². The monoisotopic (exact) mass is 341 g/mol. The minimum atomic E-state index is 0.0290. The van der Waals surface area contributed by atoms with Crippen LogP contribution in [0.5, 0.6) is 11.5 Å². The molecule has 0 aliphatic heterocycles. The van der Waals surface area contributed by atoms with Crippen molar-refractivity contribution in [3.63, 3.8) is 0 Å². The van der Waals surface area contributed by atoms with Gasteiger partial charge in [-0.1, -0.05) is 24.3 Å². The third-order valence-corrected chi connectivity index (χ3v) is 3.73. The zero-order valence-electron chi connectivity index (χ0n) is 15.4. The van der Waals surface area contributed by atoms with Gasteiger partial charge in [0.05, 0.1) is 13.7 Å². The van der Waals surface area contributed by atoms with Crippen molar-refractivity contribution in [1.82, 2.24) is 10.6 Å². The maximum atomic E-state index is 5.92. The normalized spacial score (nSPS) is 12.4. The fourth-order valence-corrected chi connectivity index (χ4v) is 2.35. The van der Waals surface area contributed by atoms with Gasteiger partial charge in [0.2, 0.25) is 0 Å². The average Bonchev–Trinajstić information content (AvgIpc) is 2.62. The molecule has 0 saturated carbocycles. The van der Waals surface area contributed by atoms with Crippen LogP contribution in [0.3, 0.4) is 0 Å². The second-order valence-corrected chi connectivity index (χ2v) is 5.90. The van der Waals surface area contributed by atoms with Crippen LogP contribution in [0.4, 0.5) is 0 Å². The van der Waals surface area contributed by atoms with Gasteiger partial charge in [-0.3, -0.25) is 4.99 Å². The van der Waals surface area contributed by atoms with Crippen LogP contribution in [0, 0.1) is 6.92 Å². The summed E-state index contributed by atoms with van der Waals surface area (Å²) in [6.07, 6.45) is 0.0290. The van der Waals surface area contributed by atoms with Gasteiger partial charge >= 0.3 is 0 Å². The first kappa shape index (κ1) is 18.6. The molecule has 0 amide bonds. The van der Waals surface area contributed by atoms with Gasteiger partial charge in [-0.15, -0.1) is 0 Å². The molecule has 1 atom stereocenters. The van der Waals surface area contributed by atoms with E-state index in [2.05, 4.69) is 28.6 Å². The number of methoxy groups -OCH3 is 1. The molecule has 0 aliphatic carbocycles. The fraction of sp³-hybridized carbons (Fsp3) is 0.350. The molecule has 0 spiro atoms. The summed E-state index contributed by atoms with van der Waals surface area (Å²) in [5.74, 6) is 2.49. The highest BCUT2D eigenvalue weighted by atomic mass is 16.5. The van der Waals surface area contributed by atoms with Crippen molar-refractivity contribution in [1.29, 1.82) is 0 Å². The van der Waals surface area contributed by atoms with E-state index >= 15 is 0 Å². The molecular weight excluding hydrogens is 314 g/mol. The number of rotatable bonds is 7. The Hall–Kier alpha value is -2.69. The summed E-state index contributed by atoms with van der Waals surface area (Å²) >= 11 is 0. The number of aliphatic imine (C=N–C) groups is 1. The van der Waals surface area contributed by atoms with E-state index in [1.54, 1.807) is 14.2 Å². The van der Waals surface area contributed by atoms with Gasteiger partial charge in [0, 0.05) is 13.6 Å². The van der Waals surface area contributed by atoms with Crippen LogP contribution in [0.1, 0.15) is 18.1 Å². The lowest BCUT2D eigenvalue weighted by molar-refractivity contribution is 0.223. The molecule has 0 fully saturated rings. The van der Waals surface area contributed by atoms with E-state index in [9.17, 15) is 0 Å². The molecule has 2 aromatic rings. The highest BCUT2D eigenvalue weighted by Gasteiger charge is 2.06. The number of nitrogens with one attached hydrogen (secondary N) is 2. The van der Waals surface area contributed by atoms with Crippen molar-refractivity contribution in [2.24, 2.45) is 4.99 Å². The predicted octanol–water partition coefficient (Wildman–Crippen LogP) is 3.14. The molecule has 0 radical (unpaired) electrons. The van der Waals surface area contributed by atoms with Crippen molar-refractivity contribution in [2.75, 3.05) is 20.7 Å².